The summed E-state index contributed by atoms with van der Waals surface area (Å²) in [6.45, 7) is 0.906. The molecule has 1 aliphatic rings. The van der Waals surface area contributed by atoms with Gasteiger partial charge >= 0.3 is 0 Å². The molecule has 1 amide bonds. The molecular formula is C21H26N2O5S. The highest BCUT2D eigenvalue weighted by atomic mass is 32.2. The zero-order chi connectivity index (χ0) is 20.9. The quantitative estimate of drug-likeness (QED) is 0.710. The highest BCUT2D eigenvalue weighted by Crippen LogP contribution is 2.37. The number of amides is 1. The summed E-state index contributed by atoms with van der Waals surface area (Å²) in [5, 5.41) is 0. The molecule has 0 unspecified atom stereocenters. The minimum Gasteiger partial charge on any atom is -0.497 e. The van der Waals surface area contributed by atoms with Crippen molar-refractivity contribution in [1.82, 2.24) is 4.31 Å². The van der Waals surface area contributed by atoms with Crippen molar-refractivity contribution in [1.29, 1.82) is 0 Å². The predicted molar refractivity (Wildman–Crippen MR) is 109 cm³/mol. The van der Waals surface area contributed by atoms with E-state index in [1.54, 1.807) is 18.2 Å². The summed E-state index contributed by atoms with van der Waals surface area (Å²) >= 11 is 0. The normalized spacial score (nSPS) is 16.9. The fourth-order valence-electron chi connectivity index (χ4n) is 3.61. The molecule has 156 valence electrons. The van der Waals surface area contributed by atoms with Crippen molar-refractivity contribution in [2.24, 2.45) is 11.1 Å². The van der Waals surface area contributed by atoms with Crippen LogP contribution in [0.2, 0.25) is 0 Å². The van der Waals surface area contributed by atoms with Gasteiger partial charge in [0.1, 0.15) is 11.5 Å². The maximum atomic E-state index is 13.0. The second kappa shape index (κ2) is 8.84. The number of carbonyl (C=O) groups is 1. The van der Waals surface area contributed by atoms with Gasteiger partial charge in [-0.2, -0.15) is 4.31 Å². The molecule has 0 atom stereocenters. The summed E-state index contributed by atoms with van der Waals surface area (Å²) in [5.74, 6) is 0.788. The van der Waals surface area contributed by atoms with Gasteiger partial charge in [0, 0.05) is 31.0 Å². The maximum Gasteiger partial charge on any atom is 0.243 e. The number of piperidine rings is 1. The molecule has 1 saturated heterocycles. The molecule has 0 radical (unpaired) electrons. The molecule has 3 rings (SSSR count). The first kappa shape index (κ1) is 21.1. The summed E-state index contributed by atoms with van der Waals surface area (Å²) in [7, 11) is -2.15. The molecule has 0 spiro atoms. The second-order valence-electron chi connectivity index (χ2n) is 7.33. The van der Waals surface area contributed by atoms with Gasteiger partial charge in [-0.3, -0.25) is 4.79 Å². The van der Waals surface area contributed by atoms with Crippen LogP contribution in [0.25, 0.3) is 0 Å². The molecule has 8 heteroatoms. The van der Waals surface area contributed by atoms with Crippen molar-refractivity contribution >= 4 is 15.9 Å². The molecule has 0 bridgehead atoms. The first-order valence-corrected chi connectivity index (χ1v) is 10.9. The topological polar surface area (TPSA) is 98.9 Å². The Balaban J connectivity index is 1.72. The highest BCUT2D eigenvalue weighted by molar-refractivity contribution is 7.89. The van der Waals surface area contributed by atoms with Crippen molar-refractivity contribution in [3.8, 4) is 11.5 Å². The SMILES string of the molecule is COc1cccc(S(=O)(=O)N2CCC(COc3ccccc3)(CC(N)=O)CC2)c1. The Morgan fingerprint density at radius 2 is 1.72 bits per heavy atom. The monoisotopic (exact) mass is 418 g/mol. The van der Waals surface area contributed by atoms with Gasteiger partial charge in [0.15, 0.2) is 0 Å². The average Bonchev–Trinajstić information content (AvgIpc) is 2.73. The third-order valence-corrected chi connectivity index (χ3v) is 7.19. The molecule has 29 heavy (non-hydrogen) atoms. The van der Waals surface area contributed by atoms with E-state index in [9.17, 15) is 13.2 Å². The minimum absolute atomic E-state index is 0.160. The van der Waals surface area contributed by atoms with E-state index in [1.165, 1.54) is 17.5 Å². The van der Waals surface area contributed by atoms with E-state index in [4.69, 9.17) is 15.2 Å². The van der Waals surface area contributed by atoms with Gasteiger partial charge in [-0.05, 0) is 37.1 Å². The number of nitrogens with two attached hydrogens (primary N) is 1. The van der Waals surface area contributed by atoms with Crippen molar-refractivity contribution in [3.63, 3.8) is 0 Å². The lowest BCUT2D eigenvalue weighted by Gasteiger charge is -2.40. The number of rotatable bonds is 8. The highest BCUT2D eigenvalue weighted by Gasteiger charge is 2.40. The molecule has 0 saturated carbocycles. The van der Waals surface area contributed by atoms with Gasteiger partial charge in [-0.1, -0.05) is 24.3 Å². The summed E-state index contributed by atoms with van der Waals surface area (Å²) in [5.41, 5.74) is 5.00. The van der Waals surface area contributed by atoms with Gasteiger partial charge in [0.05, 0.1) is 18.6 Å². The van der Waals surface area contributed by atoms with E-state index in [-0.39, 0.29) is 11.3 Å². The van der Waals surface area contributed by atoms with Crippen molar-refractivity contribution in [2.45, 2.75) is 24.2 Å². The number of nitrogens with zero attached hydrogens (tertiary/aromatic N) is 1. The van der Waals surface area contributed by atoms with Crippen LogP contribution in [0.1, 0.15) is 19.3 Å². The van der Waals surface area contributed by atoms with Crippen LogP contribution in [0.3, 0.4) is 0 Å². The van der Waals surface area contributed by atoms with Gasteiger partial charge in [0.2, 0.25) is 15.9 Å². The third-order valence-electron chi connectivity index (χ3n) is 5.30. The molecule has 2 aromatic rings. The molecule has 2 aromatic carbocycles. The Morgan fingerprint density at radius 1 is 1.07 bits per heavy atom. The van der Waals surface area contributed by atoms with Crippen LogP contribution in [0.5, 0.6) is 11.5 Å². The number of para-hydroxylation sites is 1. The first-order chi connectivity index (χ1) is 13.8. The smallest absolute Gasteiger partial charge is 0.243 e. The molecule has 0 aromatic heterocycles. The summed E-state index contributed by atoms with van der Waals surface area (Å²) in [6.07, 6.45) is 1.14. The second-order valence-corrected chi connectivity index (χ2v) is 9.27. The summed E-state index contributed by atoms with van der Waals surface area (Å²) in [4.78, 5) is 11.9. The lowest BCUT2D eigenvalue weighted by Crippen LogP contribution is -2.47. The number of primary amides is 1. The molecule has 2 N–H and O–H groups in total. The Morgan fingerprint density at radius 3 is 2.34 bits per heavy atom. The van der Waals surface area contributed by atoms with Crippen LogP contribution in [0.15, 0.2) is 59.5 Å². The molecule has 1 heterocycles. The van der Waals surface area contributed by atoms with Crippen LogP contribution in [-0.2, 0) is 14.8 Å². The Hall–Kier alpha value is -2.58. The molecule has 0 aliphatic carbocycles. The maximum absolute atomic E-state index is 13.0. The number of methoxy groups -OCH3 is 1. The summed E-state index contributed by atoms with van der Waals surface area (Å²) < 4.78 is 38.5. The fourth-order valence-corrected chi connectivity index (χ4v) is 5.08. The minimum atomic E-state index is -3.64. The number of benzene rings is 2. The van der Waals surface area contributed by atoms with E-state index in [0.717, 1.165) is 0 Å². The van der Waals surface area contributed by atoms with E-state index < -0.39 is 21.3 Å². The summed E-state index contributed by atoms with van der Waals surface area (Å²) in [6, 6.07) is 15.8. The van der Waals surface area contributed by atoms with Crippen LogP contribution < -0.4 is 15.2 Å². The standard InChI is InChI=1S/C21H26N2O5S/c1-27-18-8-5-9-19(14-18)29(25,26)23-12-10-21(11-13-23,15-20(22)24)16-28-17-6-3-2-4-7-17/h2-9,14H,10-13,15-16H2,1H3,(H2,22,24). The van der Waals surface area contributed by atoms with Crippen LogP contribution in [0, 0.1) is 5.41 Å². The Kier molecular flexibility index (Phi) is 6.44. The Labute approximate surface area is 171 Å². The average molecular weight is 419 g/mol. The molecule has 1 aliphatic heterocycles. The lowest BCUT2D eigenvalue weighted by molar-refractivity contribution is -0.121. The molecule has 7 nitrogen and oxygen atoms in total. The zero-order valence-electron chi connectivity index (χ0n) is 16.4. The molecule has 1 fully saturated rings. The van der Waals surface area contributed by atoms with Crippen LogP contribution >= 0.6 is 0 Å². The number of hydrogen-bond donors (Lipinski definition) is 1. The van der Waals surface area contributed by atoms with E-state index in [2.05, 4.69) is 0 Å². The van der Waals surface area contributed by atoms with E-state index in [0.29, 0.717) is 44.0 Å². The largest absolute Gasteiger partial charge is 0.497 e. The van der Waals surface area contributed by atoms with Crippen LogP contribution in [-0.4, -0.2) is 45.4 Å². The van der Waals surface area contributed by atoms with Gasteiger partial charge in [0.25, 0.3) is 0 Å². The van der Waals surface area contributed by atoms with Gasteiger partial charge in [-0.15, -0.1) is 0 Å². The van der Waals surface area contributed by atoms with Gasteiger partial charge < -0.3 is 15.2 Å². The fraction of sp³-hybridized carbons (Fsp3) is 0.381. The first-order valence-electron chi connectivity index (χ1n) is 9.45. The van der Waals surface area contributed by atoms with E-state index in [1.807, 2.05) is 30.3 Å². The van der Waals surface area contributed by atoms with Crippen LogP contribution in [0.4, 0.5) is 0 Å². The molecular weight excluding hydrogens is 392 g/mol. The van der Waals surface area contributed by atoms with E-state index >= 15 is 0 Å². The number of sulfonamides is 1. The predicted octanol–water partition coefficient (Wildman–Crippen LogP) is 2.42. The van der Waals surface area contributed by atoms with Crippen molar-refractivity contribution in [2.75, 3.05) is 26.8 Å². The number of ether oxygens (including phenoxy) is 2. The van der Waals surface area contributed by atoms with Crippen molar-refractivity contribution < 1.29 is 22.7 Å². The van der Waals surface area contributed by atoms with Crippen molar-refractivity contribution in [3.05, 3.63) is 54.6 Å². The zero-order valence-corrected chi connectivity index (χ0v) is 17.2. The Bertz CT molecular complexity index is 939. The van der Waals surface area contributed by atoms with Gasteiger partial charge in [-0.25, -0.2) is 8.42 Å². The third kappa shape index (κ3) is 5.07. The number of hydrogen-bond acceptors (Lipinski definition) is 5. The number of carbonyl (C=O) groups excluding carboxylic acids is 1. The lowest BCUT2D eigenvalue weighted by atomic mass is 9.76.